The molecule has 1 unspecified atom stereocenters. The van der Waals surface area contributed by atoms with Crippen LogP contribution >= 0.6 is 0 Å². The van der Waals surface area contributed by atoms with Crippen molar-refractivity contribution in [1.29, 1.82) is 0 Å². The van der Waals surface area contributed by atoms with Gasteiger partial charge in [0.15, 0.2) is 0 Å². The summed E-state index contributed by atoms with van der Waals surface area (Å²) in [5.41, 5.74) is 7.62. The van der Waals surface area contributed by atoms with Crippen LogP contribution in [0.3, 0.4) is 0 Å². The molecule has 1 aromatic rings. The summed E-state index contributed by atoms with van der Waals surface area (Å²) in [6, 6.07) is 7.87. The fourth-order valence-corrected chi connectivity index (χ4v) is 3.20. The average Bonchev–Trinajstić information content (AvgIpc) is 2.61. The molecular formula is C21H33NO4. The van der Waals surface area contributed by atoms with Gasteiger partial charge in [0.1, 0.15) is 0 Å². The van der Waals surface area contributed by atoms with Crippen molar-refractivity contribution in [1.82, 2.24) is 0 Å². The van der Waals surface area contributed by atoms with E-state index in [0.717, 1.165) is 37.7 Å². The Labute approximate surface area is 156 Å². The molecule has 0 spiro atoms. The lowest BCUT2D eigenvalue weighted by Gasteiger charge is -2.24. The van der Waals surface area contributed by atoms with Crippen LogP contribution in [0.1, 0.15) is 63.5 Å². The molecule has 1 aliphatic rings. The first-order chi connectivity index (χ1) is 12.2. The van der Waals surface area contributed by atoms with Gasteiger partial charge >= 0.3 is 11.9 Å². The average molecular weight is 363 g/mol. The monoisotopic (exact) mass is 363 g/mol. The second kappa shape index (κ2) is 11.0. The zero-order chi connectivity index (χ0) is 19.7. The molecule has 146 valence electrons. The van der Waals surface area contributed by atoms with E-state index in [1.165, 1.54) is 5.56 Å². The van der Waals surface area contributed by atoms with E-state index in [2.05, 4.69) is 13.8 Å². The third kappa shape index (κ3) is 7.56. The molecule has 1 aliphatic carbocycles. The summed E-state index contributed by atoms with van der Waals surface area (Å²) < 4.78 is 0. The Balaban J connectivity index is 0.000000273. The fraction of sp³-hybridized carbons (Fsp3) is 0.619. The topological polar surface area (TPSA) is 101 Å². The molecule has 26 heavy (non-hydrogen) atoms. The number of nitrogens with two attached hydrogens (primary N) is 1. The van der Waals surface area contributed by atoms with Gasteiger partial charge in [-0.3, -0.25) is 9.59 Å². The Morgan fingerprint density at radius 2 is 1.58 bits per heavy atom. The molecule has 2 rings (SSSR count). The van der Waals surface area contributed by atoms with Crippen molar-refractivity contribution in [3.63, 3.8) is 0 Å². The molecule has 1 saturated carbocycles. The summed E-state index contributed by atoms with van der Waals surface area (Å²) in [7, 11) is 0. The molecular weight excluding hydrogens is 330 g/mol. The highest BCUT2D eigenvalue weighted by molar-refractivity contribution is 5.75. The van der Waals surface area contributed by atoms with E-state index in [1.807, 2.05) is 24.3 Å². The number of hydrogen-bond acceptors (Lipinski definition) is 3. The second-order valence-electron chi connectivity index (χ2n) is 7.69. The second-order valence-corrected chi connectivity index (χ2v) is 7.69. The molecule has 0 bridgehead atoms. The van der Waals surface area contributed by atoms with Crippen molar-refractivity contribution in [3.8, 4) is 0 Å². The largest absolute Gasteiger partial charge is 0.481 e. The quantitative estimate of drug-likeness (QED) is 0.711. The van der Waals surface area contributed by atoms with Crippen LogP contribution in [0.15, 0.2) is 24.3 Å². The molecule has 5 nitrogen and oxygen atoms in total. The van der Waals surface area contributed by atoms with E-state index in [0.29, 0.717) is 18.4 Å². The lowest BCUT2D eigenvalue weighted by molar-refractivity contribution is -0.143. The Morgan fingerprint density at radius 1 is 1.04 bits per heavy atom. The van der Waals surface area contributed by atoms with E-state index >= 15 is 0 Å². The maximum Gasteiger partial charge on any atom is 0.310 e. The smallest absolute Gasteiger partial charge is 0.310 e. The normalized spacial score (nSPS) is 20.8. The first kappa shape index (κ1) is 22.2. The van der Waals surface area contributed by atoms with Crippen LogP contribution in [0.2, 0.25) is 0 Å². The lowest BCUT2D eigenvalue weighted by atomic mass is 9.82. The van der Waals surface area contributed by atoms with Crippen molar-refractivity contribution in [2.45, 2.75) is 58.8 Å². The molecule has 0 aliphatic heterocycles. The Kier molecular flexibility index (Phi) is 9.35. The van der Waals surface area contributed by atoms with E-state index in [1.54, 1.807) is 6.92 Å². The SMILES string of the molecule is CC(C)Cc1ccc(C(C)C(=O)O)cc1.NCC1CCC(C(=O)O)CC1. The zero-order valence-electron chi connectivity index (χ0n) is 16.1. The van der Waals surface area contributed by atoms with E-state index in [4.69, 9.17) is 15.9 Å². The minimum atomic E-state index is -0.772. The summed E-state index contributed by atoms with van der Waals surface area (Å²) in [6.07, 6.45) is 4.66. The van der Waals surface area contributed by atoms with Gasteiger partial charge in [-0.15, -0.1) is 0 Å². The van der Waals surface area contributed by atoms with Crippen LogP contribution in [0, 0.1) is 17.8 Å². The highest BCUT2D eigenvalue weighted by Crippen LogP contribution is 2.27. The van der Waals surface area contributed by atoms with Gasteiger partial charge in [-0.25, -0.2) is 0 Å². The first-order valence-electron chi connectivity index (χ1n) is 9.49. The van der Waals surface area contributed by atoms with Gasteiger partial charge in [-0.05, 0) is 68.5 Å². The minimum absolute atomic E-state index is 0.0993. The summed E-state index contributed by atoms with van der Waals surface area (Å²) in [4.78, 5) is 21.3. The first-order valence-corrected chi connectivity index (χ1v) is 9.49. The number of carboxylic acid groups (broad SMARTS) is 2. The molecule has 4 N–H and O–H groups in total. The molecule has 1 aromatic carbocycles. The molecule has 0 saturated heterocycles. The predicted molar refractivity (Wildman–Crippen MR) is 103 cm³/mol. The van der Waals surface area contributed by atoms with Crippen LogP contribution in [0.5, 0.6) is 0 Å². The summed E-state index contributed by atoms with van der Waals surface area (Å²) in [6.45, 7) is 6.77. The maximum atomic E-state index is 10.8. The fourth-order valence-electron chi connectivity index (χ4n) is 3.20. The summed E-state index contributed by atoms with van der Waals surface area (Å²) >= 11 is 0. The van der Waals surface area contributed by atoms with Crippen LogP contribution in [-0.4, -0.2) is 28.7 Å². The van der Waals surface area contributed by atoms with Crippen LogP contribution in [0.25, 0.3) is 0 Å². The summed E-state index contributed by atoms with van der Waals surface area (Å²) in [5.74, 6) is -0.721. The number of benzene rings is 1. The van der Waals surface area contributed by atoms with Crippen molar-refractivity contribution in [2.24, 2.45) is 23.5 Å². The van der Waals surface area contributed by atoms with E-state index in [-0.39, 0.29) is 5.92 Å². The number of carbonyl (C=O) groups is 2. The van der Waals surface area contributed by atoms with Crippen molar-refractivity contribution < 1.29 is 19.8 Å². The number of carboxylic acids is 2. The van der Waals surface area contributed by atoms with E-state index < -0.39 is 17.9 Å². The maximum absolute atomic E-state index is 10.8. The lowest BCUT2D eigenvalue weighted by Crippen LogP contribution is -2.25. The predicted octanol–water partition coefficient (Wildman–Crippen LogP) is 3.91. The standard InChI is InChI=1S/C13H18O2.C8H15NO2/c1-9(2)8-11-4-6-12(7-5-11)10(3)13(14)15;9-5-6-1-3-7(4-2-6)8(10)11/h4-7,9-10H,8H2,1-3H3,(H,14,15);6-7H,1-5,9H2,(H,10,11). The minimum Gasteiger partial charge on any atom is -0.481 e. The Morgan fingerprint density at radius 3 is 1.96 bits per heavy atom. The highest BCUT2D eigenvalue weighted by Gasteiger charge is 2.24. The molecule has 5 heteroatoms. The van der Waals surface area contributed by atoms with Gasteiger partial charge in [0.05, 0.1) is 11.8 Å². The third-order valence-corrected chi connectivity index (χ3v) is 5.02. The number of rotatable bonds is 6. The van der Waals surface area contributed by atoms with Crippen molar-refractivity contribution in [2.75, 3.05) is 6.54 Å². The number of aliphatic carboxylic acids is 2. The molecule has 0 aromatic heterocycles. The highest BCUT2D eigenvalue weighted by atomic mass is 16.4. The molecule has 0 radical (unpaired) electrons. The van der Waals surface area contributed by atoms with Crippen LogP contribution in [-0.2, 0) is 16.0 Å². The molecule has 1 atom stereocenters. The van der Waals surface area contributed by atoms with Crippen LogP contribution in [0.4, 0.5) is 0 Å². The molecule has 1 fully saturated rings. The Hall–Kier alpha value is -1.88. The van der Waals surface area contributed by atoms with Gasteiger partial charge in [0, 0.05) is 0 Å². The van der Waals surface area contributed by atoms with Gasteiger partial charge in [0.2, 0.25) is 0 Å². The van der Waals surface area contributed by atoms with Crippen molar-refractivity contribution in [3.05, 3.63) is 35.4 Å². The van der Waals surface area contributed by atoms with Gasteiger partial charge in [-0.1, -0.05) is 38.1 Å². The van der Waals surface area contributed by atoms with Crippen LogP contribution < -0.4 is 5.73 Å². The number of hydrogen-bond donors (Lipinski definition) is 3. The molecule has 0 heterocycles. The van der Waals surface area contributed by atoms with Gasteiger partial charge in [-0.2, -0.15) is 0 Å². The van der Waals surface area contributed by atoms with Gasteiger partial charge in [0.25, 0.3) is 0 Å². The van der Waals surface area contributed by atoms with E-state index in [9.17, 15) is 9.59 Å². The van der Waals surface area contributed by atoms with Gasteiger partial charge < -0.3 is 15.9 Å². The van der Waals surface area contributed by atoms with Crippen molar-refractivity contribution >= 4 is 11.9 Å². The summed E-state index contributed by atoms with van der Waals surface area (Å²) in [5, 5.41) is 17.5. The molecule has 0 amide bonds. The zero-order valence-corrected chi connectivity index (χ0v) is 16.1. The third-order valence-electron chi connectivity index (χ3n) is 5.02. The Bertz CT molecular complexity index is 560.